The van der Waals surface area contributed by atoms with Gasteiger partial charge in [0.05, 0.1) is 0 Å². The second-order valence-electron chi connectivity index (χ2n) is 7.28. The third kappa shape index (κ3) is 5.89. The number of rotatable bonds is 4. The molecule has 118 valence electrons. The van der Waals surface area contributed by atoms with E-state index in [4.69, 9.17) is 0 Å². The summed E-state index contributed by atoms with van der Waals surface area (Å²) in [6.07, 6.45) is 12.7. The molecule has 0 fully saturated rings. The van der Waals surface area contributed by atoms with Crippen LogP contribution in [0.25, 0.3) is 0 Å². The quantitative estimate of drug-likeness (QED) is 0.704. The van der Waals surface area contributed by atoms with E-state index in [2.05, 4.69) is 52.2 Å². The van der Waals surface area contributed by atoms with Gasteiger partial charge in [0.15, 0.2) is 0 Å². The van der Waals surface area contributed by atoms with Gasteiger partial charge in [-0.25, -0.2) is 0 Å². The maximum absolute atomic E-state index is 3.50. The highest BCUT2D eigenvalue weighted by molar-refractivity contribution is 4.86. The van der Waals surface area contributed by atoms with Crippen LogP contribution in [0, 0.1) is 29.6 Å². The molecule has 0 radical (unpaired) electrons. The molecule has 1 heteroatoms. The van der Waals surface area contributed by atoms with Crippen LogP contribution in [0.3, 0.4) is 0 Å². The average molecular weight is 280 g/mol. The lowest BCUT2D eigenvalue weighted by molar-refractivity contribution is 0.216. The molecule has 1 rings (SSSR count). The molecule has 0 saturated carbocycles. The Bertz CT molecular complexity index is 269. The fourth-order valence-corrected chi connectivity index (χ4v) is 3.58. The van der Waals surface area contributed by atoms with Crippen molar-refractivity contribution in [3.63, 3.8) is 0 Å². The SMILES string of the molecule is CCC1CC(C(C)C)CCN/C=C\CC(C(C)CC)C1. The molecule has 0 saturated heterocycles. The lowest BCUT2D eigenvalue weighted by Gasteiger charge is -2.30. The molecule has 1 heterocycles. The maximum atomic E-state index is 3.50. The van der Waals surface area contributed by atoms with E-state index in [1.165, 1.54) is 38.5 Å². The minimum atomic E-state index is 0.817. The third-order valence-electron chi connectivity index (χ3n) is 5.58. The van der Waals surface area contributed by atoms with Gasteiger partial charge in [0, 0.05) is 6.54 Å². The normalized spacial score (nSPS) is 32.2. The van der Waals surface area contributed by atoms with Crippen molar-refractivity contribution in [2.45, 2.75) is 73.1 Å². The smallest absolute Gasteiger partial charge is 0.0144 e. The fraction of sp³-hybridized carbons (Fsp3) is 0.895. The number of nitrogens with one attached hydrogen (secondary N) is 1. The highest BCUT2D eigenvalue weighted by atomic mass is 14.8. The van der Waals surface area contributed by atoms with E-state index >= 15 is 0 Å². The van der Waals surface area contributed by atoms with Crippen LogP contribution in [-0.2, 0) is 0 Å². The molecule has 0 spiro atoms. The van der Waals surface area contributed by atoms with Gasteiger partial charge in [-0.2, -0.15) is 0 Å². The molecule has 0 aromatic heterocycles. The summed E-state index contributed by atoms with van der Waals surface area (Å²) in [7, 11) is 0. The van der Waals surface area contributed by atoms with Gasteiger partial charge >= 0.3 is 0 Å². The van der Waals surface area contributed by atoms with Crippen LogP contribution in [0.15, 0.2) is 12.3 Å². The van der Waals surface area contributed by atoms with Gasteiger partial charge in [-0.05, 0) is 61.5 Å². The van der Waals surface area contributed by atoms with Gasteiger partial charge in [0.1, 0.15) is 0 Å². The third-order valence-corrected chi connectivity index (χ3v) is 5.58. The first kappa shape index (κ1) is 17.6. The number of allylic oxidation sites excluding steroid dienone is 1. The molecule has 20 heavy (non-hydrogen) atoms. The Kier molecular flexibility index (Phi) is 8.33. The lowest BCUT2D eigenvalue weighted by atomic mass is 9.76. The van der Waals surface area contributed by atoms with E-state index in [9.17, 15) is 0 Å². The highest BCUT2D eigenvalue weighted by Crippen LogP contribution is 2.34. The number of hydrogen-bond acceptors (Lipinski definition) is 1. The first-order valence-corrected chi connectivity index (χ1v) is 8.96. The summed E-state index contributed by atoms with van der Waals surface area (Å²) < 4.78 is 0. The summed E-state index contributed by atoms with van der Waals surface area (Å²) >= 11 is 0. The molecule has 0 aliphatic carbocycles. The minimum absolute atomic E-state index is 0.817. The van der Waals surface area contributed by atoms with Gasteiger partial charge in [-0.15, -0.1) is 0 Å². The summed E-state index contributed by atoms with van der Waals surface area (Å²) in [4.78, 5) is 0. The Hall–Kier alpha value is -0.460. The van der Waals surface area contributed by atoms with E-state index in [1.807, 2.05) is 0 Å². The zero-order valence-corrected chi connectivity index (χ0v) is 14.5. The first-order chi connectivity index (χ1) is 9.58. The minimum Gasteiger partial charge on any atom is -0.391 e. The lowest BCUT2D eigenvalue weighted by Crippen LogP contribution is -2.21. The molecule has 0 aromatic carbocycles. The van der Waals surface area contributed by atoms with Crippen LogP contribution in [-0.4, -0.2) is 6.54 Å². The van der Waals surface area contributed by atoms with Crippen molar-refractivity contribution in [1.29, 1.82) is 0 Å². The van der Waals surface area contributed by atoms with E-state index in [1.54, 1.807) is 0 Å². The Morgan fingerprint density at radius 2 is 1.80 bits per heavy atom. The zero-order chi connectivity index (χ0) is 15.0. The monoisotopic (exact) mass is 279 g/mol. The van der Waals surface area contributed by atoms with Gasteiger partial charge in [0.2, 0.25) is 0 Å². The molecule has 1 nitrogen and oxygen atoms in total. The molecular formula is C19H37N. The first-order valence-electron chi connectivity index (χ1n) is 8.96. The van der Waals surface area contributed by atoms with E-state index < -0.39 is 0 Å². The molecule has 4 unspecified atom stereocenters. The summed E-state index contributed by atoms with van der Waals surface area (Å²) in [5.41, 5.74) is 0. The second kappa shape index (κ2) is 9.47. The molecule has 1 N–H and O–H groups in total. The Morgan fingerprint density at radius 3 is 2.40 bits per heavy atom. The van der Waals surface area contributed by atoms with Crippen LogP contribution in [0.2, 0.25) is 0 Å². The van der Waals surface area contributed by atoms with Crippen molar-refractivity contribution in [3.05, 3.63) is 12.3 Å². The summed E-state index contributed by atoms with van der Waals surface area (Å²) in [5, 5.41) is 3.50. The molecule has 1 aliphatic rings. The summed E-state index contributed by atoms with van der Waals surface area (Å²) in [5.74, 6) is 4.35. The average Bonchev–Trinajstić information content (AvgIpc) is 2.49. The zero-order valence-electron chi connectivity index (χ0n) is 14.5. The van der Waals surface area contributed by atoms with Crippen LogP contribution < -0.4 is 5.32 Å². The Labute approximate surface area is 127 Å². The van der Waals surface area contributed by atoms with Gasteiger partial charge in [0.25, 0.3) is 0 Å². The number of hydrogen-bond donors (Lipinski definition) is 1. The van der Waals surface area contributed by atoms with Crippen LogP contribution in [0.5, 0.6) is 0 Å². The van der Waals surface area contributed by atoms with Gasteiger partial charge in [-0.3, -0.25) is 0 Å². The van der Waals surface area contributed by atoms with Crippen LogP contribution >= 0.6 is 0 Å². The van der Waals surface area contributed by atoms with Crippen LogP contribution in [0.4, 0.5) is 0 Å². The molecule has 1 aliphatic heterocycles. The molecule has 0 aromatic rings. The van der Waals surface area contributed by atoms with Crippen molar-refractivity contribution >= 4 is 0 Å². The van der Waals surface area contributed by atoms with E-state index in [0.29, 0.717) is 0 Å². The van der Waals surface area contributed by atoms with Crippen molar-refractivity contribution < 1.29 is 0 Å². The fourth-order valence-electron chi connectivity index (χ4n) is 3.58. The van der Waals surface area contributed by atoms with Gasteiger partial charge in [-0.1, -0.05) is 53.5 Å². The molecule has 0 bridgehead atoms. The summed E-state index contributed by atoms with van der Waals surface area (Å²) in [6.45, 7) is 13.1. The summed E-state index contributed by atoms with van der Waals surface area (Å²) in [6, 6.07) is 0. The van der Waals surface area contributed by atoms with Crippen molar-refractivity contribution in [1.82, 2.24) is 5.32 Å². The van der Waals surface area contributed by atoms with E-state index in [-0.39, 0.29) is 0 Å². The standard InChI is InChI=1S/C19H37N/c1-6-16(5)19-9-8-11-20-12-10-18(15(3)4)13-17(7-2)14-19/h8,11,15-20H,6-7,9-10,12-14H2,1-5H3/b11-8-. The topological polar surface area (TPSA) is 12.0 Å². The second-order valence-corrected chi connectivity index (χ2v) is 7.28. The largest absolute Gasteiger partial charge is 0.391 e. The Morgan fingerprint density at radius 1 is 1.10 bits per heavy atom. The molecule has 0 amide bonds. The molecular weight excluding hydrogens is 242 g/mol. The van der Waals surface area contributed by atoms with E-state index in [0.717, 1.165) is 36.1 Å². The van der Waals surface area contributed by atoms with Gasteiger partial charge < -0.3 is 5.32 Å². The molecule has 4 atom stereocenters. The maximum Gasteiger partial charge on any atom is 0.0144 e. The Balaban J connectivity index is 2.76. The van der Waals surface area contributed by atoms with Crippen molar-refractivity contribution in [2.24, 2.45) is 29.6 Å². The van der Waals surface area contributed by atoms with Crippen molar-refractivity contribution in [2.75, 3.05) is 6.54 Å². The predicted molar refractivity (Wildman–Crippen MR) is 90.7 cm³/mol. The predicted octanol–water partition coefficient (Wildman–Crippen LogP) is 5.62. The van der Waals surface area contributed by atoms with Crippen molar-refractivity contribution in [3.8, 4) is 0 Å². The van der Waals surface area contributed by atoms with Crippen LogP contribution in [0.1, 0.15) is 73.1 Å². The highest BCUT2D eigenvalue weighted by Gasteiger charge is 2.23.